The Hall–Kier alpha value is -0.220. The van der Waals surface area contributed by atoms with Crippen LogP contribution in [0.3, 0.4) is 0 Å². The van der Waals surface area contributed by atoms with E-state index in [1.807, 2.05) is 25.6 Å². The molecule has 2 N–H and O–H groups in total. The molecule has 0 radical (unpaired) electrons. The fraction of sp³-hybridized carbons (Fsp3) is 0.917. The third-order valence-electron chi connectivity index (χ3n) is 2.28. The van der Waals surface area contributed by atoms with Gasteiger partial charge in [0.2, 0.25) is 0 Å². The maximum absolute atomic E-state index is 11.3. The number of nitrogens with one attached hydrogen (secondary N) is 1. The van der Waals surface area contributed by atoms with Crippen molar-refractivity contribution in [1.82, 2.24) is 5.32 Å². The van der Waals surface area contributed by atoms with Crippen LogP contribution < -0.4 is 5.32 Å². The summed E-state index contributed by atoms with van der Waals surface area (Å²) < 4.78 is 0. The molecule has 0 aliphatic rings. The number of carboxylic acid groups (broad SMARTS) is 1. The van der Waals surface area contributed by atoms with E-state index in [1.165, 1.54) is 0 Å². The molecule has 16 heavy (non-hydrogen) atoms. The van der Waals surface area contributed by atoms with Crippen molar-refractivity contribution < 1.29 is 9.90 Å². The normalized spacial score (nSPS) is 17.5. The molecule has 0 fully saturated rings. The van der Waals surface area contributed by atoms with E-state index in [4.69, 9.17) is 0 Å². The molecule has 0 rings (SSSR count). The summed E-state index contributed by atoms with van der Waals surface area (Å²) in [6, 6.07) is 0.178. The topological polar surface area (TPSA) is 49.3 Å². The fourth-order valence-corrected chi connectivity index (χ4v) is 3.29. The lowest BCUT2D eigenvalue weighted by Crippen LogP contribution is -2.53. The first-order valence-electron chi connectivity index (χ1n) is 5.84. The summed E-state index contributed by atoms with van der Waals surface area (Å²) in [6.07, 6.45) is 0.642. The molecule has 0 aliphatic carbocycles. The number of carboxylic acids is 1. The van der Waals surface area contributed by atoms with Gasteiger partial charge >= 0.3 is 5.97 Å². The second-order valence-corrected chi connectivity index (χ2v) is 7.16. The summed E-state index contributed by atoms with van der Waals surface area (Å²) in [5, 5.41) is 13.3. The van der Waals surface area contributed by atoms with Gasteiger partial charge in [-0.2, -0.15) is 11.8 Å². The van der Waals surface area contributed by atoms with Crippen LogP contribution in [0.25, 0.3) is 0 Å². The molecule has 0 aromatic heterocycles. The highest BCUT2D eigenvalue weighted by molar-refractivity contribution is 8.00. The number of hydrogen-bond acceptors (Lipinski definition) is 3. The van der Waals surface area contributed by atoms with E-state index in [0.717, 1.165) is 0 Å². The number of thioether (sulfide) groups is 1. The van der Waals surface area contributed by atoms with Gasteiger partial charge in [-0.3, -0.25) is 10.1 Å². The van der Waals surface area contributed by atoms with Crippen LogP contribution >= 0.6 is 11.8 Å². The minimum Gasteiger partial charge on any atom is -0.480 e. The third kappa shape index (κ3) is 5.75. The minimum absolute atomic E-state index is 0.178. The summed E-state index contributed by atoms with van der Waals surface area (Å²) >= 11 is 1.82. The zero-order valence-electron chi connectivity index (χ0n) is 11.2. The van der Waals surface area contributed by atoms with E-state index in [9.17, 15) is 9.90 Å². The zero-order chi connectivity index (χ0) is 12.9. The lowest BCUT2D eigenvalue weighted by molar-refractivity contribution is -0.144. The third-order valence-corrected chi connectivity index (χ3v) is 3.46. The highest BCUT2D eigenvalue weighted by atomic mass is 32.2. The van der Waals surface area contributed by atoms with E-state index >= 15 is 0 Å². The van der Waals surface area contributed by atoms with Crippen LogP contribution in [0.5, 0.6) is 0 Å². The van der Waals surface area contributed by atoms with Crippen LogP contribution in [-0.4, -0.2) is 33.2 Å². The lowest BCUT2D eigenvalue weighted by Gasteiger charge is -2.31. The first-order chi connectivity index (χ1) is 7.17. The van der Waals surface area contributed by atoms with Gasteiger partial charge in [0.05, 0.1) is 0 Å². The van der Waals surface area contributed by atoms with Crippen LogP contribution in [-0.2, 0) is 4.79 Å². The Bertz CT molecular complexity index is 231. The summed E-state index contributed by atoms with van der Waals surface area (Å²) in [7, 11) is 0. The monoisotopic (exact) mass is 247 g/mol. The van der Waals surface area contributed by atoms with E-state index in [2.05, 4.69) is 26.1 Å². The van der Waals surface area contributed by atoms with Crippen LogP contribution in [0.2, 0.25) is 0 Å². The fourth-order valence-electron chi connectivity index (χ4n) is 1.93. The lowest BCUT2D eigenvalue weighted by atomic mass is 9.95. The predicted octanol–water partition coefficient (Wildman–Crippen LogP) is 2.75. The Morgan fingerprint density at radius 2 is 1.81 bits per heavy atom. The molecule has 0 spiro atoms. The van der Waals surface area contributed by atoms with Crippen LogP contribution in [0, 0.1) is 0 Å². The van der Waals surface area contributed by atoms with E-state index in [1.54, 1.807) is 6.92 Å². The van der Waals surface area contributed by atoms with Crippen molar-refractivity contribution in [2.75, 3.05) is 0 Å². The number of carbonyl (C=O) groups is 1. The van der Waals surface area contributed by atoms with Crippen LogP contribution in [0.15, 0.2) is 0 Å². The molecule has 2 unspecified atom stereocenters. The van der Waals surface area contributed by atoms with Gasteiger partial charge in [0.25, 0.3) is 0 Å². The molecule has 3 nitrogen and oxygen atoms in total. The molecule has 0 heterocycles. The van der Waals surface area contributed by atoms with Crippen molar-refractivity contribution in [3.05, 3.63) is 0 Å². The average Bonchev–Trinajstić information content (AvgIpc) is 1.98. The molecule has 0 aromatic rings. The Balaban J connectivity index is 4.49. The molecule has 4 heteroatoms. The van der Waals surface area contributed by atoms with E-state index in [0.29, 0.717) is 16.9 Å². The summed E-state index contributed by atoms with van der Waals surface area (Å²) in [5.74, 6) is -0.766. The van der Waals surface area contributed by atoms with Gasteiger partial charge in [-0.1, -0.05) is 20.8 Å². The molecular weight excluding hydrogens is 222 g/mol. The summed E-state index contributed by atoms with van der Waals surface area (Å²) in [5.41, 5.74) is -0.824. The van der Waals surface area contributed by atoms with Crippen molar-refractivity contribution in [1.29, 1.82) is 0 Å². The second-order valence-electron chi connectivity index (χ2n) is 5.14. The Morgan fingerprint density at radius 3 is 2.12 bits per heavy atom. The first kappa shape index (κ1) is 15.8. The van der Waals surface area contributed by atoms with Gasteiger partial charge in [-0.05, 0) is 32.4 Å². The Morgan fingerprint density at radius 1 is 1.31 bits per heavy atom. The Labute approximate surface area is 103 Å². The standard InChI is InChI=1S/C12H25NO2S/c1-8(2)13-12(6,11(14)15)7-10(5)16-9(3)4/h8-10,13H,7H2,1-6H3,(H,14,15). The maximum atomic E-state index is 11.3. The quantitative estimate of drug-likeness (QED) is 0.726. The molecule has 0 aromatic carbocycles. The average molecular weight is 247 g/mol. The smallest absolute Gasteiger partial charge is 0.323 e. The maximum Gasteiger partial charge on any atom is 0.323 e. The molecule has 0 saturated heterocycles. The molecule has 0 saturated carbocycles. The van der Waals surface area contributed by atoms with E-state index in [-0.39, 0.29) is 6.04 Å². The van der Waals surface area contributed by atoms with Crippen molar-refractivity contribution in [3.8, 4) is 0 Å². The van der Waals surface area contributed by atoms with Gasteiger partial charge in [-0.15, -0.1) is 0 Å². The molecular formula is C12H25NO2S. The summed E-state index contributed by atoms with van der Waals surface area (Å²) in [4.78, 5) is 11.3. The van der Waals surface area contributed by atoms with E-state index < -0.39 is 11.5 Å². The first-order valence-corrected chi connectivity index (χ1v) is 6.78. The molecule has 2 atom stereocenters. The number of aliphatic carboxylic acids is 1. The second kappa shape index (κ2) is 6.50. The SMILES string of the molecule is CC(C)NC(C)(CC(C)SC(C)C)C(=O)O. The number of hydrogen-bond donors (Lipinski definition) is 2. The number of rotatable bonds is 7. The van der Waals surface area contributed by atoms with Crippen LogP contribution in [0.4, 0.5) is 0 Å². The largest absolute Gasteiger partial charge is 0.480 e. The minimum atomic E-state index is -0.824. The van der Waals surface area contributed by atoms with Crippen molar-refractivity contribution in [3.63, 3.8) is 0 Å². The highest BCUT2D eigenvalue weighted by Crippen LogP contribution is 2.25. The summed E-state index contributed by atoms with van der Waals surface area (Å²) in [6.45, 7) is 12.1. The van der Waals surface area contributed by atoms with Gasteiger partial charge in [0.15, 0.2) is 0 Å². The molecule has 0 aliphatic heterocycles. The van der Waals surface area contributed by atoms with Gasteiger partial charge in [-0.25, -0.2) is 0 Å². The highest BCUT2D eigenvalue weighted by Gasteiger charge is 2.35. The predicted molar refractivity (Wildman–Crippen MR) is 71.1 cm³/mol. The molecule has 0 amide bonds. The van der Waals surface area contributed by atoms with Gasteiger partial charge in [0.1, 0.15) is 5.54 Å². The van der Waals surface area contributed by atoms with Gasteiger partial charge in [0, 0.05) is 11.3 Å². The molecule has 96 valence electrons. The van der Waals surface area contributed by atoms with Crippen molar-refractivity contribution in [2.24, 2.45) is 0 Å². The Kier molecular flexibility index (Phi) is 6.41. The van der Waals surface area contributed by atoms with Gasteiger partial charge < -0.3 is 5.11 Å². The van der Waals surface area contributed by atoms with Crippen LogP contribution in [0.1, 0.15) is 48.0 Å². The molecule has 0 bridgehead atoms. The van der Waals surface area contributed by atoms with Crippen molar-refractivity contribution >= 4 is 17.7 Å². The van der Waals surface area contributed by atoms with Crippen molar-refractivity contribution in [2.45, 2.75) is 70.0 Å². The zero-order valence-corrected chi connectivity index (χ0v) is 12.0.